The van der Waals surface area contributed by atoms with Crippen LogP contribution in [-0.2, 0) is 12.6 Å². The Morgan fingerprint density at radius 1 is 1.10 bits per heavy atom. The van der Waals surface area contributed by atoms with Crippen LogP contribution in [0.15, 0.2) is 48.7 Å². The number of alkyl halides is 3. The first-order valence-corrected chi connectivity index (χ1v) is 10.1. The van der Waals surface area contributed by atoms with Crippen molar-refractivity contribution in [1.29, 1.82) is 0 Å². The van der Waals surface area contributed by atoms with Gasteiger partial charge in [0.15, 0.2) is 0 Å². The Labute approximate surface area is 174 Å². The molecular weight excluding hydrogens is 413 g/mol. The monoisotopic (exact) mass is 432 g/mol. The van der Waals surface area contributed by atoms with Gasteiger partial charge in [0, 0.05) is 23.5 Å². The number of hydrogen-bond acceptors (Lipinski definition) is 6. The lowest BCUT2D eigenvalue weighted by Gasteiger charge is -2.17. The Morgan fingerprint density at radius 3 is 2.63 bits per heavy atom. The van der Waals surface area contributed by atoms with E-state index in [-0.39, 0.29) is 6.04 Å². The van der Waals surface area contributed by atoms with Gasteiger partial charge in [-0.1, -0.05) is 23.5 Å². The first-order valence-electron chi connectivity index (χ1n) is 9.26. The Hall–Kier alpha value is -2.98. The molecule has 6 nitrogen and oxygen atoms in total. The molecule has 0 aliphatic carbocycles. The summed E-state index contributed by atoms with van der Waals surface area (Å²) in [6.07, 6.45) is -1.97. The highest BCUT2D eigenvalue weighted by atomic mass is 32.1. The molecule has 0 radical (unpaired) electrons. The second-order valence-electron chi connectivity index (χ2n) is 6.85. The van der Waals surface area contributed by atoms with Gasteiger partial charge in [0.05, 0.1) is 17.3 Å². The van der Waals surface area contributed by atoms with Gasteiger partial charge >= 0.3 is 6.18 Å². The third-order valence-corrected chi connectivity index (χ3v) is 5.71. The molecule has 3 N–H and O–H groups in total. The van der Waals surface area contributed by atoms with Crippen LogP contribution in [0.3, 0.4) is 0 Å². The quantitative estimate of drug-likeness (QED) is 0.405. The minimum atomic E-state index is -4.32. The van der Waals surface area contributed by atoms with Crippen molar-refractivity contribution in [2.45, 2.75) is 18.6 Å². The predicted molar refractivity (Wildman–Crippen MR) is 111 cm³/mol. The van der Waals surface area contributed by atoms with E-state index in [2.05, 4.69) is 31.0 Å². The van der Waals surface area contributed by atoms with E-state index in [9.17, 15) is 13.2 Å². The first kappa shape index (κ1) is 20.3. The van der Waals surface area contributed by atoms with Crippen molar-refractivity contribution in [3.63, 3.8) is 0 Å². The van der Waals surface area contributed by atoms with E-state index in [0.29, 0.717) is 18.1 Å². The molecule has 10 heteroatoms. The van der Waals surface area contributed by atoms with E-state index in [1.165, 1.54) is 23.5 Å². The van der Waals surface area contributed by atoms with Crippen molar-refractivity contribution in [2.75, 3.05) is 18.9 Å². The smallest absolute Gasteiger partial charge is 0.358 e. The van der Waals surface area contributed by atoms with Crippen LogP contribution >= 0.6 is 11.3 Å². The van der Waals surface area contributed by atoms with Crippen LogP contribution in [0.2, 0.25) is 0 Å². The molecule has 0 aliphatic rings. The SMILES string of the molecule is CNC(CNc1nnc(-c2ccc3[nH]ncc3c2)s1)Cc1ccc(C(F)(F)F)cc1. The number of aromatic amines is 1. The number of H-pyrrole nitrogens is 1. The van der Waals surface area contributed by atoms with Gasteiger partial charge in [0.1, 0.15) is 5.01 Å². The van der Waals surface area contributed by atoms with Crippen molar-refractivity contribution in [1.82, 2.24) is 25.7 Å². The first-order chi connectivity index (χ1) is 14.4. The number of benzene rings is 2. The second-order valence-corrected chi connectivity index (χ2v) is 7.83. The lowest BCUT2D eigenvalue weighted by Crippen LogP contribution is -2.34. The molecule has 0 bridgehead atoms. The Bertz CT molecular complexity index is 1120. The minimum absolute atomic E-state index is 0.0244. The highest BCUT2D eigenvalue weighted by Crippen LogP contribution is 2.30. The standard InChI is InChI=1S/C20H19F3N6S/c1-24-16(8-12-2-5-15(6-3-12)20(21,22)23)11-25-19-29-28-18(30-19)13-4-7-17-14(9-13)10-26-27-17/h2-7,9-10,16,24H,8,11H2,1H3,(H,25,29)(H,26,27). The van der Waals surface area contributed by atoms with Crippen LogP contribution in [-0.4, -0.2) is 40.0 Å². The van der Waals surface area contributed by atoms with Crippen LogP contribution in [0.5, 0.6) is 0 Å². The number of rotatable bonds is 7. The summed E-state index contributed by atoms with van der Waals surface area (Å²) in [5.74, 6) is 0. The van der Waals surface area contributed by atoms with Crippen LogP contribution in [0.25, 0.3) is 21.5 Å². The lowest BCUT2D eigenvalue weighted by molar-refractivity contribution is -0.137. The number of likely N-dealkylation sites (N-methyl/N-ethyl adjacent to an activating group) is 1. The maximum absolute atomic E-state index is 12.7. The van der Waals surface area contributed by atoms with Crippen LogP contribution in [0, 0.1) is 0 Å². The van der Waals surface area contributed by atoms with E-state index in [4.69, 9.17) is 0 Å². The summed E-state index contributed by atoms with van der Waals surface area (Å²) >= 11 is 1.44. The Kier molecular flexibility index (Phi) is 5.69. The van der Waals surface area contributed by atoms with Crippen molar-refractivity contribution < 1.29 is 13.2 Å². The van der Waals surface area contributed by atoms with Gasteiger partial charge in [-0.3, -0.25) is 5.10 Å². The number of halogens is 3. The molecule has 4 aromatic rings. The highest BCUT2D eigenvalue weighted by molar-refractivity contribution is 7.18. The van der Waals surface area contributed by atoms with Crippen molar-refractivity contribution in [3.8, 4) is 10.6 Å². The van der Waals surface area contributed by atoms with Crippen LogP contribution in [0.1, 0.15) is 11.1 Å². The average Bonchev–Trinajstić information content (AvgIpc) is 3.39. The summed E-state index contributed by atoms with van der Waals surface area (Å²) < 4.78 is 38.1. The predicted octanol–water partition coefficient (Wildman–Crippen LogP) is 4.34. The molecule has 0 fully saturated rings. The van der Waals surface area contributed by atoms with Crippen molar-refractivity contribution >= 4 is 27.4 Å². The molecule has 0 saturated carbocycles. The molecule has 2 aromatic heterocycles. The van der Waals surface area contributed by atoms with Crippen LogP contribution < -0.4 is 10.6 Å². The summed E-state index contributed by atoms with van der Waals surface area (Å²) in [5.41, 5.74) is 2.11. The highest BCUT2D eigenvalue weighted by Gasteiger charge is 2.30. The number of aromatic nitrogens is 4. The van der Waals surface area contributed by atoms with Crippen molar-refractivity contribution in [3.05, 3.63) is 59.8 Å². The zero-order valence-corrected chi connectivity index (χ0v) is 16.8. The maximum atomic E-state index is 12.7. The third-order valence-electron chi connectivity index (χ3n) is 4.78. The van der Waals surface area contributed by atoms with Crippen LogP contribution in [0.4, 0.5) is 18.3 Å². The summed E-state index contributed by atoms with van der Waals surface area (Å²) in [4.78, 5) is 0. The Balaban J connectivity index is 1.37. The van der Waals surface area contributed by atoms with E-state index in [1.807, 2.05) is 25.2 Å². The van der Waals surface area contributed by atoms with Gasteiger partial charge in [-0.05, 0) is 49.4 Å². The van der Waals surface area contributed by atoms with Gasteiger partial charge in [0.2, 0.25) is 5.13 Å². The van der Waals surface area contributed by atoms with Gasteiger partial charge in [-0.2, -0.15) is 18.3 Å². The van der Waals surface area contributed by atoms with E-state index >= 15 is 0 Å². The van der Waals surface area contributed by atoms with Gasteiger partial charge in [0.25, 0.3) is 0 Å². The zero-order valence-electron chi connectivity index (χ0n) is 16.0. The number of nitrogens with one attached hydrogen (secondary N) is 3. The molecule has 0 spiro atoms. The normalized spacial score (nSPS) is 12.9. The third kappa shape index (κ3) is 4.60. The van der Waals surface area contributed by atoms with E-state index < -0.39 is 11.7 Å². The van der Waals surface area contributed by atoms with Crippen molar-refractivity contribution in [2.24, 2.45) is 0 Å². The average molecular weight is 432 g/mol. The summed E-state index contributed by atoms with van der Waals surface area (Å²) in [5, 5.41) is 24.3. The van der Waals surface area contributed by atoms with Gasteiger partial charge < -0.3 is 10.6 Å². The molecule has 0 saturated heterocycles. The fourth-order valence-corrected chi connectivity index (χ4v) is 3.83. The number of fused-ring (bicyclic) bond motifs is 1. The van der Waals surface area contributed by atoms with Gasteiger partial charge in [-0.15, -0.1) is 10.2 Å². The minimum Gasteiger partial charge on any atom is -0.358 e. The molecule has 0 aliphatic heterocycles. The summed E-state index contributed by atoms with van der Waals surface area (Å²) in [6, 6.07) is 11.2. The molecule has 0 amide bonds. The summed E-state index contributed by atoms with van der Waals surface area (Å²) in [6.45, 7) is 0.562. The number of nitrogens with zero attached hydrogens (tertiary/aromatic N) is 3. The Morgan fingerprint density at radius 2 is 1.90 bits per heavy atom. The molecule has 4 rings (SSSR count). The number of hydrogen-bond donors (Lipinski definition) is 3. The number of anilines is 1. The summed E-state index contributed by atoms with van der Waals surface area (Å²) in [7, 11) is 1.82. The fourth-order valence-electron chi connectivity index (χ4n) is 3.09. The van der Waals surface area contributed by atoms with E-state index in [0.717, 1.165) is 39.2 Å². The molecular formula is C20H19F3N6S. The lowest BCUT2D eigenvalue weighted by atomic mass is 10.0. The molecule has 30 heavy (non-hydrogen) atoms. The molecule has 2 aromatic carbocycles. The molecule has 2 heterocycles. The largest absolute Gasteiger partial charge is 0.416 e. The second kappa shape index (κ2) is 8.41. The molecule has 1 atom stereocenters. The zero-order chi connectivity index (χ0) is 21.1. The molecule has 156 valence electrons. The van der Waals surface area contributed by atoms with E-state index in [1.54, 1.807) is 6.20 Å². The van der Waals surface area contributed by atoms with Gasteiger partial charge in [-0.25, -0.2) is 0 Å². The maximum Gasteiger partial charge on any atom is 0.416 e. The topological polar surface area (TPSA) is 78.5 Å². The fraction of sp³-hybridized carbons (Fsp3) is 0.250. The molecule has 1 unspecified atom stereocenters.